The summed E-state index contributed by atoms with van der Waals surface area (Å²) in [6.45, 7) is 1.04. The number of hydrogen-bond donors (Lipinski definition) is 1. The molecule has 0 spiro atoms. The molecule has 0 radical (unpaired) electrons. The van der Waals surface area contributed by atoms with Gasteiger partial charge in [-0.3, -0.25) is 9.59 Å². The van der Waals surface area contributed by atoms with E-state index in [1.807, 2.05) is 0 Å². The van der Waals surface area contributed by atoms with Crippen LogP contribution in [-0.4, -0.2) is 46.5 Å². The third-order valence-corrected chi connectivity index (χ3v) is 3.16. The third kappa shape index (κ3) is 5.08. The molecule has 0 atom stereocenters. The molecule has 0 aliphatic heterocycles. The largest absolute Gasteiger partial charge is 0.481 e. The number of hydrogen-bond acceptors (Lipinski definition) is 3. The molecule has 0 bridgehead atoms. The van der Waals surface area contributed by atoms with Gasteiger partial charge in [0, 0.05) is 6.54 Å². The fraction of sp³-hybridized carbons (Fsp3) is 0.636. The van der Waals surface area contributed by atoms with Gasteiger partial charge < -0.3 is 10.0 Å². The van der Waals surface area contributed by atoms with E-state index >= 15 is 0 Å². The Labute approximate surface area is 99.4 Å². The standard InChI is InChI=1S/C11H15NO3S/c1-2-5-12(6-9-3-4-9)10(13)7-16-8-11(14)15/h1,9H,3-8H2,(H,14,15). The lowest BCUT2D eigenvalue weighted by Gasteiger charge is -2.19. The number of carbonyl (C=O) groups excluding carboxylic acids is 1. The Kier molecular flexibility index (Phi) is 5.20. The predicted molar refractivity (Wildman–Crippen MR) is 63.1 cm³/mol. The van der Waals surface area contributed by atoms with Crippen molar-refractivity contribution in [3.8, 4) is 12.3 Å². The van der Waals surface area contributed by atoms with Crippen molar-refractivity contribution in [2.45, 2.75) is 12.8 Å². The summed E-state index contributed by atoms with van der Waals surface area (Å²) in [5.41, 5.74) is 0. The van der Waals surface area contributed by atoms with Crippen LogP contribution >= 0.6 is 11.8 Å². The van der Waals surface area contributed by atoms with Crippen LogP contribution in [0.3, 0.4) is 0 Å². The highest BCUT2D eigenvalue weighted by Gasteiger charge is 2.26. The molecule has 5 heteroatoms. The minimum Gasteiger partial charge on any atom is -0.481 e. The van der Waals surface area contributed by atoms with E-state index in [1.165, 1.54) is 0 Å². The van der Waals surface area contributed by atoms with Crippen LogP contribution < -0.4 is 0 Å². The molecule has 0 unspecified atom stereocenters. The van der Waals surface area contributed by atoms with Crippen molar-refractivity contribution >= 4 is 23.6 Å². The van der Waals surface area contributed by atoms with Gasteiger partial charge in [0.1, 0.15) is 0 Å². The summed E-state index contributed by atoms with van der Waals surface area (Å²) in [5, 5.41) is 8.45. The number of terminal acetylenes is 1. The molecule has 0 aromatic carbocycles. The highest BCUT2D eigenvalue weighted by Crippen LogP contribution is 2.29. The number of carbonyl (C=O) groups is 2. The van der Waals surface area contributed by atoms with Gasteiger partial charge in [-0.2, -0.15) is 0 Å². The van der Waals surface area contributed by atoms with Gasteiger partial charge in [0.05, 0.1) is 18.1 Å². The number of carboxylic acid groups (broad SMARTS) is 1. The molecular formula is C11H15NO3S. The summed E-state index contributed by atoms with van der Waals surface area (Å²) >= 11 is 1.11. The van der Waals surface area contributed by atoms with E-state index in [4.69, 9.17) is 11.5 Å². The second-order valence-corrected chi connectivity index (χ2v) is 4.79. The lowest BCUT2D eigenvalue weighted by atomic mass is 10.3. The van der Waals surface area contributed by atoms with E-state index in [2.05, 4.69) is 5.92 Å². The number of thioether (sulfide) groups is 1. The normalized spacial score (nSPS) is 14.2. The van der Waals surface area contributed by atoms with Gasteiger partial charge >= 0.3 is 5.97 Å². The minimum absolute atomic E-state index is 0.0426. The van der Waals surface area contributed by atoms with Gasteiger partial charge in [-0.25, -0.2) is 0 Å². The second kappa shape index (κ2) is 6.44. The molecule has 1 saturated carbocycles. The summed E-state index contributed by atoms with van der Waals surface area (Å²) in [5.74, 6) is 2.25. The first-order valence-corrected chi connectivity index (χ1v) is 6.29. The maximum atomic E-state index is 11.7. The van der Waals surface area contributed by atoms with E-state index < -0.39 is 5.97 Å². The zero-order chi connectivity index (χ0) is 12.0. The molecule has 0 saturated heterocycles. The van der Waals surface area contributed by atoms with Gasteiger partial charge in [0.2, 0.25) is 5.91 Å². The fourth-order valence-corrected chi connectivity index (χ4v) is 1.93. The Morgan fingerprint density at radius 2 is 2.12 bits per heavy atom. The highest BCUT2D eigenvalue weighted by atomic mass is 32.2. The Bertz CT molecular complexity index is 307. The number of amides is 1. The summed E-state index contributed by atoms with van der Waals surface area (Å²) in [6, 6.07) is 0. The molecule has 1 amide bonds. The number of carboxylic acids is 1. The smallest absolute Gasteiger partial charge is 0.313 e. The average Bonchev–Trinajstić information content (AvgIpc) is 3.00. The molecular weight excluding hydrogens is 226 g/mol. The topological polar surface area (TPSA) is 57.6 Å². The Hall–Kier alpha value is -1.15. The van der Waals surface area contributed by atoms with Crippen LogP contribution in [0.2, 0.25) is 0 Å². The quantitative estimate of drug-likeness (QED) is 0.666. The number of rotatable bonds is 7. The van der Waals surface area contributed by atoms with Gasteiger partial charge in [0.15, 0.2) is 0 Å². The first-order chi connectivity index (χ1) is 7.63. The monoisotopic (exact) mass is 241 g/mol. The van der Waals surface area contributed by atoms with Crippen LogP contribution in [0.5, 0.6) is 0 Å². The van der Waals surface area contributed by atoms with E-state index in [9.17, 15) is 9.59 Å². The molecule has 88 valence electrons. The van der Waals surface area contributed by atoms with E-state index in [1.54, 1.807) is 4.90 Å². The van der Waals surface area contributed by atoms with Crippen molar-refractivity contribution in [1.29, 1.82) is 0 Å². The maximum Gasteiger partial charge on any atom is 0.313 e. The Morgan fingerprint density at radius 1 is 1.44 bits per heavy atom. The van der Waals surface area contributed by atoms with Crippen LogP contribution in [-0.2, 0) is 9.59 Å². The van der Waals surface area contributed by atoms with Crippen molar-refractivity contribution < 1.29 is 14.7 Å². The summed E-state index contributed by atoms with van der Waals surface area (Å²) in [7, 11) is 0. The summed E-state index contributed by atoms with van der Waals surface area (Å²) in [6.07, 6.45) is 7.52. The van der Waals surface area contributed by atoms with Crippen molar-refractivity contribution in [1.82, 2.24) is 4.90 Å². The molecule has 1 aliphatic rings. The molecule has 1 rings (SSSR count). The highest BCUT2D eigenvalue weighted by molar-refractivity contribution is 8.00. The fourth-order valence-electron chi connectivity index (χ4n) is 1.29. The molecule has 1 N–H and O–H groups in total. The van der Waals surface area contributed by atoms with Gasteiger partial charge in [-0.15, -0.1) is 18.2 Å². The van der Waals surface area contributed by atoms with Gasteiger partial charge in [-0.1, -0.05) is 5.92 Å². The van der Waals surface area contributed by atoms with Crippen LogP contribution in [0.4, 0.5) is 0 Å². The number of nitrogens with zero attached hydrogens (tertiary/aromatic N) is 1. The zero-order valence-corrected chi connectivity index (χ0v) is 9.83. The molecule has 0 aromatic rings. The average molecular weight is 241 g/mol. The maximum absolute atomic E-state index is 11.7. The Balaban J connectivity index is 2.28. The molecule has 0 aromatic heterocycles. The molecule has 16 heavy (non-hydrogen) atoms. The van der Waals surface area contributed by atoms with E-state index in [-0.39, 0.29) is 17.4 Å². The van der Waals surface area contributed by atoms with Crippen LogP contribution in [0.15, 0.2) is 0 Å². The summed E-state index contributed by atoms with van der Waals surface area (Å²) < 4.78 is 0. The SMILES string of the molecule is C#CCN(CC1CC1)C(=O)CSCC(=O)O. The minimum atomic E-state index is -0.900. The van der Waals surface area contributed by atoms with Crippen molar-refractivity contribution in [3.63, 3.8) is 0 Å². The number of aliphatic carboxylic acids is 1. The lowest BCUT2D eigenvalue weighted by Crippen LogP contribution is -2.34. The first-order valence-electron chi connectivity index (χ1n) is 5.14. The first kappa shape index (κ1) is 12.9. The predicted octanol–water partition coefficient (Wildman–Crippen LogP) is 0.676. The molecule has 1 fully saturated rings. The van der Waals surface area contributed by atoms with Crippen molar-refractivity contribution in [3.05, 3.63) is 0 Å². The second-order valence-electron chi connectivity index (χ2n) is 3.81. The van der Waals surface area contributed by atoms with Gasteiger partial charge in [-0.05, 0) is 18.8 Å². The molecule has 0 heterocycles. The zero-order valence-electron chi connectivity index (χ0n) is 9.02. The van der Waals surface area contributed by atoms with Crippen molar-refractivity contribution in [2.75, 3.05) is 24.6 Å². The molecule has 1 aliphatic carbocycles. The third-order valence-electron chi connectivity index (χ3n) is 2.26. The van der Waals surface area contributed by atoms with Crippen LogP contribution in [0, 0.1) is 18.3 Å². The summed E-state index contributed by atoms with van der Waals surface area (Å²) in [4.78, 5) is 23.6. The van der Waals surface area contributed by atoms with E-state index in [0.717, 1.165) is 31.1 Å². The van der Waals surface area contributed by atoms with E-state index in [0.29, 0.717) is 12.5 Å². The lowest BCUT2D eigenvalue weighted by molar-refractivity contribution is -0.133. The van der Waals surface area contributed by atoms with Crippen LogP contribution in [0.1, 0.15) is 12.8 Å². The molecule has 4 nitrogen and oxygen atoms in total. The van der Waals surface area contributed by atoms with Gasteiger partial charge in [0.25, 0.3) is 0 Å². The van der Waals surface area contributed by atoms with Crippen molar-refractivity contribution in [2.24, 2.45) is 5.92 Å². The van der Waals surface area contributed by atoms with Crippen LogP contribution in [0.25, 0.3) is 0 Å². The Morgan fingerprint density at radius 3 is 2.62 bits per heavy atom.